The molecule has 0 atom stereocenters. The Morgan fingerprint density at radius 2 is 1.40 bits per heavy atom. The third kappa shape index (κ3) is 11.2. The molecule has 0 saturated carbocycles. The van der Waals surface area contributed by atoms with Crippen LogP contribution in [0.25, 0.3) is 0 Å². The van der Waals surface area contributed by atoms with Crippen LogP contribution in [0, 0.1) is 0 Å². The molecule has 62 valence electrons. The molecule has 10 heavy (non-hydrogen) atoms. The molecular formula is C6H15ClNOP. The van der Waals surface area contributed by atoms with E-state index in [0.717, 1.165) is 0 Å². The quantitative estimate of drug-likeness (QED) is 0.627. The highest BCUT2D eigenvalue weighted by Crippen LogP contribution is 1.92. The maximum atomic E-state index is 8.67. The molecule has 0 aliphatic carbocycles. The number of halogens is 1. The fourth-order valence-electron chi connectivity index (χ4n) is 0.671. The summed E-state index contributed by atoms with van der Waals surface area (Å²) in [6, 6.07) is 0. The van der Waals surface area contributed by atoms with Crippen LogP contribution < -0.4 is 0 Å². The molecule has 0 aromatic carbocycles. The predicted octanol–water partition coefficient (Wildman–Crippen LogP) is 2.78. The van der Waals surface area contributed by atoms with Gasteiger partial charge in [-0.05, 0) is 30.9 Å². The van der Waals surface area contributed by atoms with E-state index in [-0.39, 0.29) is 7.81 Å². The third-order valence-corrected chi connectivity index (χ3v) is 1.34. The van der Waals surface area contributed by atoms with Crippen LogP contribution in [0.1, 0.15) is 20.8 Å². The van der Waals surface area contributed by atoms with Crippen molar-refractivity contribution in [1.29, 1.82) is 0 Å². The van der Waals surface area contributed by atoms with Gasteiger partial charge in [0.15, 0.2) is 0 Å². The van der Waals surface area contributed by atoms with Gasteiger partial charge in [-0.3, -0.25) is 4.57 Å². The lowest BCUT2D eigenvalue weighted by atomic mass is 10.5. The van der Waals surface area contributed by atoms with Gasteiger partial charge in [0.05, 0.1) is 0 Å². The largest absolute Gasteiger partial charge is 0.304 e. The molecule has 0 N–H and O–H groups in total. The molecule has 0 bridgehead atoms. The smallest absolute Gasteiger partial charge is 0.267 e. The summed E-state index contributed by atoms with van der Waals surface area (Å²) < 4.78 is 8.67. The first kappa shape index (κ1) is 13.0. The van der Waals surface area contributed by atoms with Crippen LogP contribution in [0.2, 0.25) is 0 Å². The Labute approximate surface area is 69.5 Å². The number of nitrogens with zero attached hydrogens (tertiary/aromatic N) is 1. The molecule has 0 radical (unpaired) electrons. The molecule has 4 heteroatoms. The zero-order valence-corrected chi connectivity index (χ0v) is 8.45. The Balaban J connectivity index is 0. The van der Waals surface area contributed by atoms with Crippen molar-refractivity contribution in [3.63, 3.8) is 0 Å². The minimum absolute atomic E-state index is 0.361. The van der Waals surface area contributed by atoms with Gasteiger partial charge in [-0.15, -0.1) is 0 Å². The van der Waals surface area contributed by atoms with Gasteiger partial charge in [0, 0.05) is 0 Å². The van der Waals surface area contributed by atoms with E-state index in [2.05, 4.69) is 36.9 Å². The van der Waals surface area contributed by atoms with Crippen molar-refractivity contribution in [3.05, 3.63) is 0 Å². The van der Waals surface area contributed by atoms with Crippen LogP contribution in [0.15, 0.2) is 0 Å². The highest BCUT2D eigenvalue weighted by Gasteiger charge is 1.89. The van der Waals surface area contributed by atoms with Crippen molar-refractivity contribution >= 4 is 19.1 Å². The van der Waals surface area contributed by atoms with Crippen molar-refractivity contribution in [3.8, 4) is 0 Å². The van der Waals surface area contributed by atoms with Gasteiger partial charge in [0.2, 0.25) is 0 Å². The highest BCUT2D eigenvalue weighted by molar-refractivity contribution is 7.57. The fraction of sp³-hybridized carbons (Fsp3) is 1.00. The molecule has 0 amide bonds. The lowest BCUT2D eigenvalue weighted by Gasteiger charge is -2.13. The van der Waals surface area contributed by atoms with E-state index in [9.17, 15) is 0 Å². The van der Waals surface area contributed by atoms with Crippen molar-refractivity contribution in [2.24, 2.45) is 0 Å². The van der Waals surface area contributed by atoms with Crippen LogP contribution in [0.5, 0.6) is 0 Å². The molecule has 0 heterocycles. The SMILES string of the molecule is CCN(CC)CC.O=PCl. The van der Waals surface area contributed by atoms with Crippen LogP contribution >= 0.6 is 19.1 Å². The maximum Gasteiger partial charge on any atom is 0.267 e. The van der Waals surface area contributed by atoms with E-state index in [0.29, 0.717) is 0 Å². The summed E-state index contributed by atoms with van der Waals surface area (Å²) in [4.78, 5) is 2.38. The van der Waals surface area contributed by atoms with E-state index in [4.69, 9.17) is 4.57 Å². The molecule has 0 aromatic heterocycles. The third-order valence-electron chi connectivity index (χ3n) is 1.34. The second-order valence-electron chi connectivity index (χ2n) is 1.69. The molecule has 0 aromatic rings. The molecule has 0 aliphatic rings. The first-order valence-electron chi connectivity index (χ1n) is 3.42. The first-order valence-corrected chi connectivity index (χ1v) is 5.14. The lowest BCUT2D eigenvalue weighted by molar-refractivity contribution is 0.321. The Hall–Kier alpha value is 0.350. The second-order valence-corrected chi connectivity index (χ2v) is 2.24. The maximum absolute atomic E-state index is 8.67. The average Bonchev–Trinajstić information content (AvgIpc) is 1.93. The highest BCUT2D eigenvalue weighted by atomic mass is 35.7. The van der Waals surface area contributed by atoms with Crippen molar-refractivity contribution < 1.29 is 4.57 Å². The van der Waals surface area contributed by atoms with E-state index in [1.807, 2.05) is 0 Å². The molecule has 0 spiro atoms. The van der Waals surface area contributed by atoms with Gasteiger partial charge in [-0.1, -0.05) is 20.8 Å². The average molecular weight is 184 g/mol. The summed E-state index contributed by atoms with van der Waals surface area (Å²) in [5.74, 6) is 0. The summed E-state index contributed by atoms with van der Waals surface area (Å²) in [5, 5.41) is 0. The second kappa shape index (κ2) is 12.1. The normalized spacial score (nSPS) is 9.30. The monoisotopic (exact) mass is 183 g/mol. The van der Waals surface area contributed by atoms with Crippen LogP contribution in [0.4, 0.5) is 0 Å². The standard InChI is InChI=1S/C6H15N.ClOP/c1-4-7(5-2)6-3;1-3-2/h4-6H2,1-3H3;. The van der Waals surface area contributed by atoms with Crippen molar-refractivity contribution in [2.75, 3.05) is 19.6 Å². The van der Waals surface area contributed by atoms with E-state index in [1.165, 1.54) is 19.6 Å². The van der Waals surface area contributed by atoms with Gasteiger partial charge in [0.25, 0.3) is 7.81 Å². The first-order chi connectivity index (χ1) is 4.76. The summed E-state index contributed by atoms with van der Waals surface area (Å²) in [5.41, 5.74) is 0. The molecule has 0 saturated heterocycles. The lowest BCUT2D eigenvalue weighted by Crippen LogP contribution is -2.21. The zero-order valence-electron chi connectivity index (χ0n) is 6.80. The molecule has 0 fully saturated rings. The summed E-state index contributed by atoms with van der Waals surface area (Å²) in [7, 11) is -0.361. The van der Waals surface area contributed by atoms with Crippen LogP contribution in [0.3, 0.4) is 0 Å². The summed E-state index contributed by atoms with van der Waals surface area (Å²) >= 11 is 4.42. The van der Waals surface area contributed by atoms with Gasteiger partial charge in [-0.2, -0.15) is 0 Å². The number of hydrogen-bond acceptors (Lipinski definition) is 2. The van der Waals surface area contributed by atoms with Crippen LogP contribution in [-0.2, 0) is 4.57 Å². The van der Waals surface area contributed by atoms with Gasteiger partial charge < -0.3 is 4.90 Å². The Morgan fingerprint density at radius 1 is 1.20 bits per heavy atom. The van der Waals surface area contributed by atoms with Gasteiger partial charge >= 0.3 is 0 Å². The fourth-order valence-corrected chi connectivity index (χ4v) is 0.671. The molecule has 2 nitrogen and oxygen atoms in total. The van der Waals surface area contributed by atoms with E-state index >= 15 is 0 Å². The molecule has 0 rings (SSSR count). The molecular weight excluding hydrogens is 168 g/mol. The summed E-state index contributed by atoms with van der Waals surface area (Å²) in [6.07, 6.45) is 0. The Kier molecular flexibility index (Phi) is 15.7. The van der Waals surface area contributed by atoms with E-state index in [1.54, 1.807) is 0 Å². The van der Waals surface area contributed by atoms with Crippen LogP contribution in [-0.4, -0.2) is 24.5 Å². The Morgan fingerprint density at radius 3 is 1.40 bits per heavy atom. The predicted molar refractivity (Wildman–Crippen MR) is 46.9 cm³/mol. The minimum Gasteiger partial charge on any atom is -0.304 e. The number of rotatable bonds is 3. The molecule has 0 aliphatic heterocycles. The zero-order chi connectivity index (χ0) is 8.41. The number of hydrogen-bond donors (Lipinski definition) is 0. The topological polar surface area (TPSA) is 20.3 Å². The van der Waals surface area contributed by atoms with Crippen molar-refractivity contribution in [1.82, 2.24) is 4.90 Å². The van der Waals surface area contributed by atoms with Gasteiger partial charge in [-0.25, -0.2) is 0 Å². The van der Waals surface area contributed by atoms with E-state index < -0.39 is 0 Å². The van der Waals surface area contributed by atoms with Crippen molar-refractivity contribution in [2.45, 2.75) is 20.8 Å². The van der Waals surface area contributed by atoms with Gasteiger partial charge in [0.1, 0.15) is 0 Å². The Bertz CT molecular complexity index is 63.3. The summed E-state index contributed by atoms with van der Waals surface area (Å²) in [6.45, 7) is 10.1. The molecule has 0 unspecified atom stereocenters. The minimum atomic E-state index is -0.361.